The first-order chi connectivity index (χ1) is 8.18. The molecule has 5 heteroatoms. The van der Waals surface area contributed by atoms with Crippen molar-refractivity contribution in [3.63, 3.8) is 0 Å². The largest absolute Gasteiger partial charge is 0.365 e. The van der Waals surface area contributed by atoms with Crippen molar-refractivity contribution < 1.29 is 0 Å². The molecule has 94 valence electrons. The number of rotatable bonds is 3. The van der Waals surface area contributed by atoms with Crippen LogP contribution in [0.3, 0.4) is 0 Å². The SMILES string of the molecule is CC(C#N)(CN)Nc1cncc2ccccc12.Cl. The first kappa shape index (κ1) is 14.2. The number of halogens is 1. The van der Waals surface area contributed by atoms with Gasteiger partial charge >= 0.3 is 0 Å². The number of nitrogens with one attached hydrogen (secondary N) is 1. The van der Waals surface area contributed by atoms with Crippen LogP contribution >= 0.6 is 12.4 Å². The van der Waals surface area contributed by atoms with Gasteiger partial charge in [-0.1, -0.05) is 24.3 Å². The van der Waals surface area contributed by atoms with Gasteiger partial charge in [0.1, 0.15) is 5.54 Å². The summed E-state index contributed by atoms with van der Waals surface area (Å²) >= 11 is 0. The van der Waals surface area contributed by atoms with Gasteiger partial charge in [-0.05, 0) is 6.92 Å². The minimum atomic E-state index is -0.772. The Kier molecular flexibility index (Phi) is 4.49. The Balaban J connectivity index is 0.00000162. The monoisotopic (exact) mass is 262 g/mol. The van der Waals surface area contributed by atoms with Gasteiger partial charge in [0, 0.05) is 23.5 Å². The average Bonchev–Trinajstić information content (AvgIpc) is 2.39. The second-order valence-corrected chi connectivity index (χ2v) is 4.18. The Morgan fingerprint density at radius 1 is 1.39 bits per heavy atom. The standard InChI is InChI=1S/C13H14N4.ClH/c1-13(8-14,9-15)17-12-7-16-6-10-4-2-3-5-11(10)12;/h2-7,17H,8,14H2,1H3;1H. The molecule has 4 nitrogen and oxygen atoms in total. The predicted octanol–water partition coefficient (Wildman–Crippen LogP) is 2.31. The predicted molar refractivity (Wildman–Crippen MR) is 75.7 cm³/mol. The van der Waals surface area contributed by atoms with E-state index in [9.17, 15) is 0 Å². The minimum absolute atomic E-state index is 0. The van der Waals surface area contributed by atoms with E-state index in [0.29, 0.717) is 0 Å². The second-order valence-electron chi connectivity index (χ2n) is 4.18. The third-order valence-corrected chi connectivity index (χ3v) is 2.73. The molecule has 1 atom stereocenters. The molecule has 0 spiro atoms. The second kappa shape index (κ2) is 5.67. The van der Waals surface area contributed by atoms with Gasteiger partial charge in [0.15, 0.2) is 0 Å². The summed E-state index contributed by atoms with van der Waals surface area (Å²) in [5.41, 5.74) is 5.66. The van der Waals surface area contributed by atoms with Crippen molar-refractivity contribution in [3.05, 3.63) is 36.7 Å². The van der Waals surface area contributed by atoms with Crippen molar-refractivity contribution in [2.24, 2.45) is 5.73 Å². The highest BCUT2D eigenvalue weighted by Gasteiger charge is 2.21. The number of aromatic nitrogens is 1. The number of pyridine rings is 1. The van der Waals surface area contributed by atoms with Crippen LogP contribution in [0.15, 0.2) is 36.7 Å². The summed E-state index contributed by atoms with van der Waals surface area (Å²) in [6.45, 7) is 2.02. The number of anilines is 1. The fourth-order valence-electron chi connectivity index (χ4n) is 1.64. The number of nitrogens with two attached hydrogens (primary N) is 1. The van der Waals surface area contributed by atoms with E-state index in [-0.39, 0.29) is 19.0 Å². The molecule has 1 aromatic carbocycles. The van der Waals surface area contributed by atoms with Gasteiger partial charge in [0.2, 0.25) is 0 Å². The molecule has 0 saturated carbocycles. The zero-order valence-electron chi connectivity index (χ0n) is 10.1. The van der Waals surface area contributed by atoms with Gasteiger partial charge in [-0.15, -0.1) is 12.4 Å². The lowest BCUT2D eigenvalue weighted by Gasteiger charge is -2.23. The van der Waals surface area contributed by atoms with Gasteiger partial charge < -0.3 is 11.1 Å². The summed E-state index contributed by atoms with van der Waals surface area (Å²) in [7, 11) is 0. The average molecular weight is 263 g/mol. The fourth-order valence-corrected chi connectivity index (χ4v) is 1.64. The molecule has 2 rings (SSSR count). The Hall–Kier alpha value is -1.83. The molecule has 0 amide bonds. The van der Waals surface area contributed by atoms with Crippen LogP contribution in [-0.2, 0) is 0 Å². The molecule has 0 radical (unpaired) electrons. The molecule has 0 fully saturated rings. The number of fused-ring (bicyclic) bond motifs is 1. The van der Waals surface area contributed by atoms with Gasteiger partial charge in [-0.3, -0.25) is 4.98 Å². The molecule has 0 saturated heterocycles. The first-order valence-corrected chi connectivity index (χ1v) is 5.41. The Labute approximate surface area is 112 Å². The summed E-state index contributed by atoms with van der Waals surface area (Å²) in [5, 5.41) is 14.3. The van der Waals surface area contributed by atoms with Crippen molar-refractivity contribution in [2.45, 2.75) is 12.5 Å². The van der Waals surface area contributed by atoms with Crippen molar-refractivity contribution in [1.82, 2.24) is 4.98 Å². The van der Waals surface area contributed by atoms with Crippen molar-refractivity contribution in [1.29, 1.82) is 5.26 Å². The number of nitrogens with zero attached hydrogens (tertiary/aromatic N) is 2. The summed E-state index contributed by atoms with van der Waals surface area (Å²) in [5.74, 6) is 0. The smallest absolute Gasteiger partial charge is 0.134 e. The van der Waals surface area contributed by atoms with E-state index in [0.717, 1.165) is 16.5 Å². The highest BCUT2D eigenvalue weighted by Crippen LogP contribution is 2.24. The molecule has 3 N–H and O–H groups in total. The van der Waals surface area contributed by atoms with Crippen LogP contribution in [0.5, 0.6) is 0 Å². The summed E-state index contributed by atoms with van der Waals surface area (Å²) in [6.07, 6.45) is 3.51. The minimum Gasteiger partial charge on any atom is -0.365 e. The molecular formula is C13H15ClN4. The van der Waals surface area contributed by atoms with Crippen LogP contribution in [0, 0.1) is 11.3 Å². The molecule has 0 aliphatic heterocycles. The number of nitriles is 1. The Bertz CT molecular complexity index is 573. The van der Waals surface area contributed by atoms with Gasteiger partial charge in [-0.25, -0.2) is 0 Å². The van der Waals surface area contributed by atoms with E-state index in [1.54, 1.807) is 19.3 Å². The topological polar surface area (TPSA) is 74.7 Å². The number of benzene rings is 1. The normalized spacial score (nSPS) is 13.2. The van der Waals surface area contributed by atoms with Crippen LogP contribution in [0.4, 0.5) is 5.69 Å². The van der Waals surface area contributed by atoms with Crippen LogP contribution in [0.2, 0.25) is 0 Å². The third kappa shape index (κ3) is 2.70. The van der Waals surface area contributed by atoms with Crippen LogP contribution in [0.1, 0.15) is 6.92 Å². The summed E-state index contributed by atoms with van der Waals surface area (Å²) in [6, 6.07) is 10.1. The van der Waals surface area contributed by atoms with Crippen molar-refractivity contribution >= 4 is 28.9 Å². The lowest BCUT2D eigenvalue weighted by Crippen LogP contribution is -2.41. The van der Waals surface area contributed by atoms with E-state index in [1.165, 1.54) is 0 Å². The molecule has 0 aliphatic carbocycles. The molecule has 0 aliphatic rings. The van der Waals surface area contributed by atoms with E-state index >= 15 is 0 Å². The third-order valence-electron chi connectivity index (χ3n) is 2.73. The van der Waals surface area contributed by atoms with E-state index in [4.69, 9.17) is 11.0 Å². The zero-order valence-corrected chi connectivity index (χ0v) is 10.9. The molecule has 0 bridgehead atoms. The van der Waals surface area contributed by atoms with Gasteiger partial charge in [0.25, 0.3) is 0 Å². The van der Waals surface area contributed by atoms with Crippen LogP contribution < -0.4 is 11.1 Å². The molecule has 18 heavy (non-hydrogen) atoms. The maximum absolute atomic E-state index is 9.11. The van der Waals surface area contributed by atoms with Crippen LogP contribution in [-0.4, -0.2) is 17.1 Å². The quantitative estimate of drug-likeness (QED) is 0.890. The van der Waals surface area contributed by atoms with Crippen molar-refractivity contribution in [3.8, 4) is 6.07 Å². The fraction of sp³-hybridized carbons (Fsp3) is 0.231. The van der Waals surface area contributed by atoms with E-state index < -0.39 is 5.54 Å². The molecule has 1 heterocycles. The Morgan fingerprint density at radius 2 is 2.11 bits per heavy atom. The number of hydrogen-bond donors (Lipinski definition) is 2. The highest BCUT2D eigenvalue weighted by molar-refractivity contribution is 5.93. The molecular weight excluding hydrogens is 248 g/mol. The Morgan fingerprint density at radius 3 is 2.78 bits per heavy atom. The zero-order chi connectivity index (χ0) is 12.3. The maximum atomic E-state index is 9.11. The van der Waals surface area contributed by atoms with Crippen LogP contribution in [0.25, 0.3) is 10.8 Å². The molecule has 2 aromatic rings. The van der Waals surface area contributed by atoms with E-state index in [1.807, 2.05) is 24.3 Å². The first-order valence-electron chi connectivity index (χ1n) is 5.41. The number of hydrogen-bond acceptors (Lipinski definition) is 4. The lowest BCUT2D eigenvalue weighted by atomic mass is 10.0. The van der Waals surface area contributed by atoms with E-state index in [2.05, 4.69) is 16.4 Å². The van der Waals surface area contributed by atoms with Crippen molar-refractivity contribution in [2.75, 3.05) is 11.9 Å². The molecule has 1 unspecified atom stereocenters. The van der Waals surface area contributed by atoms with Gasteiger partial charge in [-0.2, -0.15) is 5.26 Å². The molecule has 1 aromatic heterocycles. The lowest BCUT2D eigenvalue weighted by molar-refractivity contribution is 0.662. The maximum Gasteiger partial charge on any atom is 0.134 e. The summed E-state index contributed by atoms with van der Waals surface area (Å²) < 4.78 is 0. The van der Waals surface area contributed by atoms with Gasteiger partial charge in [0.05, 0.1) is 18.0 Å². The summed E-state index contributed by atoms with van der Waals surface area (Å²) in [4.78, 5) is 4.15. The highest BCUT2D eigenvalue weighted by atomic mass is 35.5.